The van der Waals surface area contributed by atoms with Gasteiger partial charge in [-0.25, -0.2) is 8.89 Å². The van der Waals surface area contributed by atoms with Crippen LogP contribution in [0.3, 0.4) is 0 Å². The van der Waals surface area contributed by atoms with Crippen LogP contribution in [0, 0.1) is 0 Å². The molecule has 6 nitrogen and oxygen atoms in total. The summed E-state index contributed by atoms with van der Waals surface area (Å²) in [6.07, 6.45) is 1.69. The number of ether oxygens (including phenoxy) is 1. The van der Waals surface area contributed by atoms with Gasteiger partial charge in [0.15, 0.2) is 11.1 Å². The lowest BCUT2D eigenvalue weighted by Crippen LogP contribution is -2.25. The molecule has 4 rings (SSSR count). The molecular weight excluding hydrogens is 424 g/mol. The molecule has 32 heavy (non-hydrogen) atoms. The molecule has 0 amide bonds. The second kappa shape index (κ2) is 9.72. The SMILES string of the molecule is COc1cccc(-c2c(-c3ccc(CS(=O)O)cc3)cnn(Cc3ccccc3)c2=O)c1. The summed E-state index contributed by atoms with van der Waals surface area (Å²) < 4.78 is 27.0. The molecule has 1 unspecified atom stereocenters. The van der Waals surface area contributed by atoms with Gasteiger partial charge in [-0.3, -0.25) is 4.79 Å². The smallest absolute Gasteiger partial charge is 0.275 e. The van der Waals surface area contributed by atoms with Gasteiger partial charge in [-0.1, -0.05) is 66.7 Å². The largest absolute Gasteiger partial charge is 0.497 e. The predicted molar refractivity (Wildman–Crippen MR) is 126 cm³/mol. The molecule has 0 spiro atoms. The predicted octanol–water partition coefficient (Wildman–Crippen LogP) is 4.36. The quantitative estimate of drug-likeness (QED) is 0.427. The number of rotatable bonds is 7. The van der Waals surface area contributed by atoms with Crippen molar-refractivity contribution in [3.63, 3.8) is 0 Å². The molecule has 0 aliphatic heterocycles. The Labute approximate surface area is 188 Å². The average molecular weight is 447 g/mol. The molecule has 0 saturated heterocycles. The summed E-state index contributed by atoms with van der Waals surface area (Å²) in [4.78, 5) is 13.6. The van der Waals surface area contributed by atoms with E-state index in [1.807, 2.05) is 66.7 Å². The van der Waals surface area contributed by atoms with Crippen molar-refractivity contribution in [2.45, 2.75) is 12.3 Å². The Balaban J connectivity index is 1.84. The van der Waals surface area contributed by atoms with Crippen LogP contribution in [0.5, 0.6) is 5.75 Å². The summed E-state index contributed by atoms with van der Waals surface area (Å²) in [5.74, 6) is 0.708. The topological polar surface area (TPSA) is 81.4 Å². The summed E-state index contributed by atoms with van der Waals surface area (Å²) in [6, 6.07) is 24.3. The number of benzene rings is 3. The van der Waals surface area contributed by atoms with Gasteiger partial charge in [-0.05, 0) is 34.4 Å². The Bertz CT molecular complexity index is 1300. The van der Waals surface area contributed by atoms with Crippen LogP contribution < -0.4 is 10.3 Å². The minimum absolute atomic E-state index is 0.0555. The Kier molecular flexibility index (Phi) is 6.58. The maximum absolute atomic E-state index is 13.6. The molecular formula is C25H22N2O4S. The van der Waals surface area contributed by atoms with Gasteiger partial charge in [0.25, 0.3) is 5.56 Å². The Morgan fingerprint density at radius 3 is 2.38 bits per heavy atom. The Morgan fingerprint density at radius 2 is 1.69 bits per heavy atom. The molecule has 1 aromatic heterocycles. The summed E-state index contributed by atoms with van der Waals surface area (Å²) in [5.41, 5.74) is 4.24. The number of hydrogen-bond acceptors (Lipinski definition) is 4. The zero-order valence-corrected chi connectivity index (χ0v) is 18.3. The van der Waals surface area contributed by atoms with Crippen LogP contribution in [0.4, 0.5) is 0 Å². The van der Waals surface area contributed by atoms with Crippen molar-refractivity contribution in [3.05, 3.63) is 107 Å². The van der Waals surface area contributed by atoms with Crippen LogP contribution in [0.2, 0.25) is 0 Å². The van der Waals surface area contributed by atoms with Crippen LogP contribution in [-0.2, 0) is 23.4 Å². The first-order chi connectivity index (χ1) is 15.5. The molecule has 3 aromatic carbocycles. The lowest BCUT2D eigenvalue weighted by Gasteiger charge is -2.14. The van der Waals surface area contributed by atoms with Gasteiger partial charge >= 0.3 is 0 Å². The monoisotopic (exact) mass is 446 g/mol. The van der Waals surface area contributed by atoms with Crippen molar-refractivity contribution in [3.8, 4) is 28.0 Å². The lowest BCUT2D eigenvalue weighted by atomic mass is 9.96. The molecule has 1 N–H and O–H groups in total. The minimum atomic E-state index is -1.91. The molecule has 0 fully saturated rings. The molecule has 0 aliphatic carbocycles. The highest BCUT2D eigenvalue weighted by Gasteiger charge is 2.16. The standard InChI is InChI=1S/C25H22N2O4S/c1-31-22-9-5-8-21(14-22)24-23(20-12-10-19(11-13-20)17-32(29)30)15-26-27(25(24)28)16-18-6-3-2-4-7-18/h2-15H,16-17H2,1H3,(H,29,30). The van der Waals surface area contributed by atoms with Gasteiger partial charge in [-0.2, -0.15) is 5.10 Å². The van der Waals surface area contributed by atoms with E-state index in [4.69, 9.17) is 9.29 Å². The van der Waals surface area contributed by atoms with E-state index in [1.165, 1.54) is 4.68 Å². The highest BCUT2D eigenvalue weighted by atomic mass is 32.2. The molecule has 7 heteroatoms. The second-order valence-corrected chi connectivity index (χ2v) is 8.21. The molecule has 1 atom stereocenters. The van der Waals surface area contributed by atoms with Crippen LogP contribution in [0.15, 0.2) is 89.9 Å². The van der Waals surface area contributed by atoms with Crippen molar-refractivity contribution >= 4 is 11.1 Å². The van der Waals surface area contributed by atoms with Crippen molar-refractivity contribution < 1.29 is 13.5 Å². The fourth-order valence-corrected chi connectivity index (χ4v) is 4.03. The first kappa shape index (κ1) is 21.7. The third-order valence-corrected chi connectivity index (χ3v) is 5.71. The van der Waals surface area contributed by atoms with Crippen molar-refractivity contribution in [2.75, 3.05) is 7.11 Å². The Morgan fingerprint density at radius 1 is 0.938 bits per heavy atom. The number of methoxy groups -OCH3 is 1. The molecule has 0 aliphatic rings. The van der Waals surface area contributed by atoms with Crippen LogP contribution in [-0.4, -0.2) is 25.7 Å². The number of nitrogens with zero attached hydrogens (tertiary/aromatic N) is 2. The normalized spacial score (nSPS) is 11.8. The van der Waals surface area contributed by atoms with Crippen molar-refractivity contribution in [1.29, 1.82) is 0 Å². The first-order valence-electron chi connectivity index (χ1n) is 10.0. The maximum Gasteiger partial charge on any atom is 0.275 e. The number of aromatic nitrogens is 2. The molecule has 0 radical (unpaired) electrons. The van der Waals surface area contributed by atoms with Gasteiger partial charge in [0.2, 0.25) is 0 Å². The van der Waals surface area contributed by atoms with E-state index >= 15 is 0 Å². The summed E-state index contributed by atoms with van der Waals surface area (Å²) >= 11 is -1.91. The van der Waals surface area contributed by atoms with Crippen molar-refractivity contribution in [1.82, 2.24) is 9.78 Å². The zero-order chi connectivity index (χ0) is 22.5. The summed E-state index contributed by atoms with van der Waals surface area (Å²) in [7, 11) is 1.59. The molecule has 162 valence electrons. The van der Waals surface area contributed by atoms with Crippen LogP contribution in [0.25, 0.3) is 22.3 Å². The summed E-state index contributed by atoms with van der Waals surface area (Å²) in [6.45, 7) is 0.359. The molecule has 0 saturated carbocycles. The molecule has 1 heterocycles. The van der Waals surface area contributed by atoms with Gasteiger partial charge in [0, 0.05) is 5.56 Å². The third-order valence-electron chi connectivity index (χ3n) is 5.13. The van der Waals surface area contributed by atoms with E-state index in [-0.39, 0.29) is 11.3 Å². The van der Waals surface area contributed by atoms with E-state index in [0.29, 0.717) is 23.4 Å². The van der Waals surface area contributed by atoms with E-state index < -0.39 is 11.1 Å². The van der Waals surface area contributed by atoms with Crippen molar-refractivity contribution in [2.24, 2.45) is 0 Å². The van der Waals surface area contributed by atoms with Gasteiger partial charge in [-0.15, -0.1) is 0 Å². The van der Waals surface area contributed by atoms with Gasteiger partial charge in [0.1, 0.15) is 5.75 Å². The molecule has 4 aromatic rings. The third kappa shape index (κ3) is 4.85. The lowest BCUT2D eigenvalue weighted by molar-refractivity contribution is 0.415. The highest BCUT2D eigenvalue weighted by molar-refractivity contribution is 7.78. The average Bonchev–Trinajstić information content (AvgIpc) is 2.81. The Hall–Kier alpha value is -3.55. The summed E-state index contributed by atoms with van der Waals surface area (Å²) in [5, 5.41) is 4.43. The van der Waals surface area contributed by atoms with E-state index in [1.54, 1.807) is 25.4 Å². The number of hydrogen-bond donors (Lipinski definition) is 1. The maximum atomic E-state index is 13.6. The fraction of sp³-hybridized carbons (Fsp3) is 0.120. The van der Waals surface area contributed by atoms with Gasteiger partial charge < -0.3 is 9.29 Å². The van der Waals surface area contributed by atoms with Gasteiger partial charge in [0.05, 0.1) is 31.2 Å². The van der Waals surface area contributed by atoms with E-state index in [0.717, 1.165) is 22.3 Å². The van der Waals surface area contributed by atoms with Crippen LogP contribution in [0.1, 0.15) is 11.1 Å². The first-order valence-corrected chi connectivity index (χ1v) is 11.3. The highest BCUT2D eigenvalue weighted by Crippen LogP contribution is 2.31. The second-order valence-electron chi connectivity index (χ2n) is 7.28. The van der Waals surface area contributed by atoms with E-state index in [9.17, 15) is 9.00 Å². The minimum Gasteiger partial charge on any atom is -0.497 e. The van der Waals surface area contributed by atoms with Crippen LogP contribution >= 0.6 is 0 Å². The fourth-order valence-electron chi connectivity index (χ4n) is 3.56. The van der Waals surface area contributed by atoms with E-state index in [2.05, 4.69) is 5.10 Å². The molecule has 0 bridgehead atoms. The zero-order valence-electron chi connectivity index (χ0n) is 17.5.